The number of hydrogen-bond acceptors (Lipinski definition) is 4. The predicted molar refractivity (Wildman–Crippen MR) is 67.5 cm³/mol. The van der Waals surface area contributed by atoms with Gasteiger partial charge in [-0.3, -0.25) is 4.79 Å². The van der Waals surface area contributed by atoms with Crippen LogP contribution in [0.1, 0.15) is 23.4 Å². The quantitative estimate of drug-likeness (QED) is 0.844. The van der Waals surface area contributed by atoms with Crippen LogP contribution in [0.2, 0.25) is 0 Å². The Kier molecular flexibility index (Phi) is 2.88. The highest BCUT2D eigenvalue weighted by Gasteiger charge is 2.38. The van der Waals surface area contributed by atoms with Crippen molar-refractivity contribution in [3.8, 4) is 0 Å². The van der Waals surface area contributed by atoms with Crippen molar-refractivity contribution in [2.24, 2.45) is 5.73 Å². The second-order valence-corrected chi connectivity index (χ2v) is 4.87. The number of carbonyl (C=O) groups excluding carboxylic acids is 1. The van der Waals surface area contributed by atoms with Gasteiger partial charge in [-0.25, -0.2) is 4.39 Å². The molecule has 0 bridgehead atoms. The lowest BCUT2D eigenvalue weighted by Gasteiger charge is -2.30. The first-order chi connectivity index (χ1) is 9.10. The van der Waals surface area contributed by atoms with Gasteiger partial charge < -0.3 is 14.9 Å². The highest BCUT2D eigenvalue weighted by molar-refractivity contribution is 6.03. The number of carbonyl (C=O) groups is 1. The summed E-state index contributed by atoms with van der Waals surface area (Å²) in [6.45, 7) is 0.910. The zero-order valence-corrected chi connectivity index (χ0v) is 10.3. The van der Waals surface area contributed by atoms with Gasteiger partial charge in [0.25, 0.3) is 0 Å². The monoisotopic (exact) mass is 263 g/mol. The van der Waals surface area contributed by atoms with Crippen molar-refractivity contribution in [3.05, 3.63) is 35.8 Å². The highest BCUT2D eigenvalue weighted by Crippen LogP contribution is 2.27. The smallest absolute Gasteiger partial charge is 0.217 e. The second-order valence-electron chi connectivity index (χ2n) is 4.87. The van der Waals surface area contributed by atoms with Gasteiger partial charge in [-0.1, -0.05) is 12.1 Å². The lowest BCUT2D eigenvalue weighted by molar-refractivity contribution is 0.0432. The Morgan fingerprint density at radius 3 is 2.74 bits per heavy atom. The van der Waals surface area contributed by atoms with Gasteiger partial charge in [0.1, 0.15) is 0 Å². The van der Waals surface area contributed by atoms with Gasteiger partial charge in [-0.15, -0.1) is 0 Å². The Morgan fingerprint density at radius 1 is 1.32 bits per heavy atom. The number of rotatable bonds is 2. The van der Waals surface area contributed by atoms with E-state index in [1.807, 2.05) is 0 Å². The zero-order valence-electron chi connectivity index (χ0n) is 10.3. The molecule has 0 radical (unpaired) electrons. The van der Waals surface area contributed by atoms with Crippen molar-refractivity contribution in [2.75, 3.05) is 13.2 Å². The normalized spacial score (nSPS) is 18.6. The number of fused-ring (bicyclic) bond motifs is 1. The van der Waals surface area contributed by atoms with E-state index in [0.717, 1.165) is 0 Å². The van der Waals surface area contributed by atoms with E-state index >= 15 is 0 Å². The Balaban J connectivity index is 1.99. The third-order valence-corrected chi connectivity index (χ3v) is 3.56. The maximum absolute atomic E-state index is 13.5. The highest BCUT2D eigenvalue weighted by atomic mass is 19.1. The third kappa shape index (κ3) is 2.05. The van der Waals surface area contributed by atoms with Gasteiger partial charge in [-0.05, 0) is 25.0 Å². The molecule has 4 nitrogen and oxygen atoms in total. The molecular weight excluding hydrogens is 249 g/mol. The number of ether oxygens (including phenoxy) is 1. The van der Waals surface area contributed by atoms with Crippen LogP contribution in [0.3, 0.4) is 0 Å². The fraction of sp³-hybridized carbons (Fsp3) is 0.357. The average Bonchev–Trinajstić information content (AvgIpc) is 2.84. The molecule has 3 rings (SSSR count). The predicted octanol–water partition coefficient (Wildman–Crippen LogP) is 2.26. The van der Waals surface area contributed by atoms with Crippen LogP contribution in [0.5, 0.6) is 0 Å². The summed E-state index contributed by atoms with van der Waals surface area (Å²) >= 11 is 0. The van der Waals surface area contributed by atoms with Crippen LogP contribution in [-0.4, -0.2) is 24.5 Å². The molecule has 1 saturated heterocycles. The molecule has 0 atom stereocenters. The summed E-state index contributed by atoms with van der Waals surface area (Å²) in [7, 11) is 0. The molecular formula is C14H14FNO3. The number of benzene rings is 1. The summed E-state index contributed by atoms with van der Waals surface area (Å²) in [5, 5.41) is 0.569. The van der Waals surface area contributed by atoms with Gasteiger partial charge in [-0.2, -0.15) is 0 Å². The molecule has 19 heavy (non-hydrogen) atoms. The van der Waals surface area contributed by atoms with E-state index in [1.165, 1.54) is 6.07 Å². The molecule has 2 heterocycles. The maximum atomic E-state index is 13.5. The van der Waals surface area contributed by atoms with Crippen LogP contribution in [0.15, 0.2) is 28.7 Å². The fourth-order valence-electron chi connectivity index (χ4n) is 2.35. The largest absolute Gasteiger partial charge is 0.450 e. The van der Waals surface area contributed by atoms with Gasteiger partial charge in [0, 0.05) is 18.6 Å². The van der Waals surface area contributed by atoms with Crippen LogP contribution in [0.25, 0.3) is 11.0 Å². The minimum atomic E-state index is -0.970. The Morgan fingerprint density at radius 2 is 2.05 bits per heavy atom. The summed E-state index contributed by atoms with van der Waals surface area (Å²) in [4.78, 5) is 12.4. The van der Waals surface area contributed by atoms with E-state index in [0.29, 0.717) is 31.4 Å². The molecule has 0 amide bonds. The van der Waals surface area contributed by atoms with Crippen LogP contribution in [0, 0.1) is 5.82 Å². The summed E-state index contributed by atoms with van der Waals surface area (Å²) < 4.78 is 24.1. The molecule has 2 aromatic rings. The van der Waals surface area contributed by atoms with Crippen LogP contribution in [-0.2, 0) is 4.74 Å². The molecule has 1 aliphatic rings. The van der Waals surface area contributed by atoms with Gasteiger partial charge in [0.05, 0.1) is 5.54 Å². The standard InChI is InChI=1S/C14H14FNO3/c15-10-3-1-2-9-8-11(19-12(9)10)13(17)14(16)4-6-18-7-5-14/h1-3,8H,4-7,16H2. The molecule has 1 fully saturated rings. The van der Waals surface area contributed by atoms with E-state index in [1.54, 1.807) is 18.2 Å². The molecule has 5 heteroatoms. The van der Waals surface area contributed by atoms with E-state index < -0.39 is 11.4 Å². The Bertz CT molecular complexity index is 629. The van der Waals surface area contributed by atoms with E-state index in [-0.39, 0.29) is 17.1 Å². The number of para-hydroxylation sites is 1. The lowest BCUT2D eigenvalue weighted by Crippen LogP contribution is -2.51. The topological polar surface area (TPSA) is 65.5 Å². The fourth-order valence-corrected chi connectivity index (χ4v) is 2.35. The molecule has 0 unspecified atom stereocenters. The molecule has 0 saturated carbocycles. The Hall–Kier alpha value is -1.72. The zero-order chi connectivity index (χ0) is 13.5. The first-order valence-electron chi connectivity index (χ1n) is 6.20. The number of ketones is 1. The van der Waals surface area contributed by atoms with Crippen LogP contribution >= 0.6 is 0 Å². The molecule has 0 aliphatic carbocycles. The molecule has 100 valence electrons. The summed E-state index contributed by atoms with van der Waals surface area (Å²) in [5.74, 6) is -0.648. The minimum Gasteiger partial charge on any atom is -0.450 e. The summed E-state index contributed by atoms with van der Waals surface area (Å²) in [6, 6.07) is 6.12. The number of nitrogens with two attached hydrogens (primary N) is 1. The van der Waals surface area contributed by atoms with Gasteiger partial charge in [0.2, 0.25) is 5.78 Å². The first kappa shape index (κ1) is 12.3. The summed E-state index contributed by atoms with van der Waals surface area (Å²) in [6.07, 6.45) is 0.900. The van der Waals surface area contributed by atoms with Gasteiger partial charge >= 0.3 is 0 Å². The molecule has 0 spiro atoms. The SMILES string of the molecule is NC1(C(=O)c2cc3cccc(F)c3o2)CCOCC1. The van der Waals surface area contributed by atoms with Crippen molar-refractivity contribution in [3.63, 3.8) is 0 Å². The third-order valence-electron chi connectivity index (χ3n) is 3.56. The number of halogens is 1. The van der Waals surface area contributed by atoms with Crippen molar-refractivity contribution in [1.29, 1.82) is 0 Å². The van der Waals surface area contributed by atoms with Crippen LogP contribution < -0.4 is 5.73 Å². The van der Waals surface area contributed by atoms with Crippen LogP contribution in [0.4, 0.5) is 4.39 Å². The molecule has 1 aromatic heterocycles. The van der Waals surface area contributed by atoms with Crippen molar-refractivity contribution in [2.45, 2.75) is 18.4 Å². The molecule has 2 N–H and O–H groups in total. The Labute approximate surface area is 109 Å². The molecule has 1 aromatic carbocycles. The van der Waals surface area contributed by atoms with Crippen molar-refractivity contribution < 1.29 is 18.3 Å². The van der Waals surface area contributed by atoms with Crippen molar-refractivity contribution >= 4 is 16.8 Å². The maximum Gasteiger partial charge on any atom is 0.217 e. The average molecular weight is 263 g/mol. The number of Topliss-reactive ketones (excluding diaryl/α,β-unsaturated/α-hetero) is 1. The number of furan rings is 1. The molecule has 1 aliphatic heterocycles. The first-order valence-corrected chi connectivity index (χ1v) is 6.20. The van der Waals surface area contributed by atoms with E-state index in [4.69, 9.17) is 14.9 Å². The minimum absolute atomic E-state index is 0.0986. The lowest BCUT2D eigenvalue weighted by atomic mass is 9.85. The summed E-state index contributed by atoms with van der Waals surface area (Å²) in [5.41, 5.74) is 5.24. The second kappa shape index (κ2) is 4.43. The van der Waals surface area contributed by atoms with E-state index in [2.05, 4.69) is 0 Å². The van der Waals surface area contributed by atoms with Crippen molar-refractivity contribution in [1.82, 2.24) is 0 Å². The number of hydrogen-bond donors (Lipinski definition) is 1. The van der Waals surface area contributed by atoms with Gasteiger partial charge in [0.15, 0.2) is 17.2 Å². The van der Waals surface area contributed by atoms with E-state index in [9.17, 15) is 9.18 Å².